The molecule has 2 aromatic rings. The van der Waals surface area contributed by atoms with Crippen LogP contribution in [0.5, 0.6) is 11.5 Å². The molecule has 27 heavy (non-hydrogen) atoms. The van der Waals surface area contributed by atoms with Crippen LogP contribution in [-0.4, -0.2) is 38.2 Å². The van der Waals surface area contributed by atoms with E-state index in [9.17, 15) is 9.59 Å². The van der Waals surface area contributed by atoms with Crippen molar-refractivity contribution in [1.29, 1.82) is 0 Å². The Hall–Kier alpha value is -3.22. The highest BCUT2D eigenvalue weighted by Gasteiger charge is 2.14. The molecule has 0 spiro atoms. The Bertz CT molecular complexity index is 850. The fourth-order valence-corrected chi connectivity index (χ4v) is 2.71. The minimum absolute atomic E-state index is 0.263. The summed E-state index contributed by atoms with van der Waals surface area (Å²) < 4.78 is 16.0. The number of benzene rings is 2. The highest BCUT2D eigenvalue weighted by atomic mass is 16.6. The SMILES string of the molecule is Cc1cccc(C(=O)OCC(=O)NCCc2ccc3c(c2)OCCO3)c1N. The van der Waals surface area contributed by atoms with Gasteiger partial charge in [0.05, 0.1) is 5.56 Å². The van der Waals surface area contributed by atoms with Gasteiger partial charge < -0.3 is 25.3 Å². The predicted molar refractivity (Wildman–Crippen MR) is 100 cm³/mol. The normalized spacial score (nSPS) is 12.3. The molecule has 2 aromatic carbocycles. The van der Waals surface area contributed by atoms with E-state index in [1.54, 1.807) is 25.1 Å². The van der Waals surface area contributed by atoms with Crippen molar-refractivity contribution in [3.63, 3.8) is 0 Å². The van der Waals surface area contributed by atoms with E-state index in [0.717, 1.165) is 22.6 Å². The Morgan fingerprint density at radius 2 is 1.93 bits per heavy atom. The molecule has 142 valence electrons. The minimum atomic E-state index is -0.613. The number of nitrogens with two attached hydrogens (primary N) is 1. The first-order valence-corrected chi connectivity index (χ1v) is 8.72. The van der Waals surface area contributed by atoms with E-state index < -0.39 is 5.97 Å². The average Bonchev–Trinajstić information content (AvgIpc) is 2.68. The molecular weight excluding hydrogens is 348 g/mol. The second kappa shape index (κ2) is 8.44. The number of anilines is 1. The maximum atomic E-state index is 12.0. The number of hydrogen-bond donors (Lipinski definition) is 2. The third kappa shape index (κ3) is 4.69. The molecule has 1 aliphatic rings. The zero-order valence-electron chi connectivity index (χ0n) is 15.1. The van der Waals surface area contributed by atoms with Gasteiger partial charge in [0.2, 0.25) is 0 Å². The minimum Gasteiger partial charge on any atom is -0.486 e. The van der Waals surface area contributed by atoms with Crippen LogP contribution in [0, 0.1) is 6.92 Å². The molecule has 0 fully saturated rings. The van der Waals surface area contributed by atoms with Crippen LogP contribution in [0.4, 0.5) is 5.69 Å². The van der Waals surface area contributed by atoms with E-state index in [2.05, 4.69) is 5.32 Å². The summed E-state index contributed by atoms with van der Waals surface area (Å²) in [6.45, 7) is 2.95. The summed E-state index contributed by atoms with van der Waals surface area (Å²) in [6, 6.07) is 10.8. The number of carbonyl (C=O) groups excluding carboxylic acids is 2. The zero-order valence-corrected chi connectivity index (χ0v) is 15.1. The standard InChI is InChI=1S/C20H22N2O5/c1-13-3-2-4-15(19(13)21)20(24)27-12-18(23)22-8-7-14-5-6-16-17(11-14)26-10-9-25-16/h2-6,11H,7-10,12,21H2,1H3,(H,22,23). The van der Waals surface area contributed by atoms with Gasteiger partial charge in [-0.1, -0.05) is 18.2 Å². The fourth-order valence-electron chi connectivity index (χ4n) is 2.71. The van der Waals surface area contributed by atoms with E-state index in [4.69, 9.17) is 19.9 Å². The summed E-state index contributed by atoms with van der Waals surface area (Å²) in [5.41, 5.74) is 8.29. The van der Waals surface area contributed by atoms with Gasteiger partial charge in [-0.25, -0.2) is 4.79 Å². The number of carbonyl (C=O) groups is 2. The van der Waals surface area contributed by atoms with Gasteiger partial charge in [0.25, 0.3) is 5.91 Å². The van der Waals surface area contributed by atoms with E-state index in [1.807, 2.05) is 18.2 Å². The predicted octanol–water partition coefficient (Wildman–Crippen LogP) is 1.86. The lowest BCUT2D eigenvalue weighted by atomic mass is 10.1. The second-order valence-electron chi connectivity index (χ2n) is 6.19. The number of nitrogen functional groups attached to an aromatic ring is 1. The topological polar surface area (TPSA) is 99.9 Å². The molecule has 7 nitrogen and oxygen atoms in total. The first-order valence-electron chi connectivity index (χ1n) is 8.72. The maximum Gasteiger partial charge on any atom is 0.340 e. The van der Waals surface area contributed by atoms with Crippen LogP contribution >= 0.6 is 0 Å². The fraction of sp³-hybridized carbons (Fsp3) is 0.300. The van der Waals surface area contributed by atoms with Gasteiger partial charge in [-0.05, 0) is 42.7 Å². The summed E-state index contributed by atoms with van der Waals surface area (Å²) in [5.74, 6) is 0.469. The molecule has 0 radical (unpaired) electrons. The van der Waals surface area contributed by atoms with Gasteiger partial charge in [-0.3, -0.25) is 4.79 Å². The molecule has 0 saturated carbocycles. The number of fused-ring (bicyclic) bond motifs is 1. The van der Waals surface area contributed by atoms with Crippen LogP contribution in [0.2, 0.25) is 0 Å². The van der Waals surface area contributed by atoms with Crippen LogP contribution in [0.25, 0.3) is 0 Å². The quantitative estimate of drug-likeness (QED) is 0.595. The lowest BCUT2D eigenvalue weighted by Crippen LogP contribution is -2.30. The van der Waals surface area contributed by atoms with Crippen LogP contribution in [0.3, 0.4) is 0 Å². The molecule has 1 amide bonds. The van der Waals surface area contributed by atoms with Gasteiger partial charge in [-0.15, -0.1) is 0 Å². The number of ether oxygens (including phenoxy) is 3. The third-order valence-electron chi connectivity index (χ3n) is 4.22. The van der Waals surface area contributed by atoms with Crippen LogP contribution in [0.1, 0.15) is 21.5 Å². The number of esters is 1. The first-order chi connectivity index (χ1) is 13.0. The molecule has 0 saturated heterocycles. The molecular formula is C20H22N2O5. The number of aryl methyl sites for hydroxylation is 1. The number of para-hydroxylation sites is 1. The van der Waals surface area contributed by atoms with Gasteiger partial charge >= 0.3 is 5.97 Å². The second-order valence-corrected chi connectivity index (χ2v) is 6.19. The summed E-state index contributed by atoms with van der Waals surface area (Å²) in [6.07, 6.45) is 0.626. The number of amides is 1. The lowest BCUT2D eigenvalue weighted by Gasteiger charge is -2.18. The average molecular weight is 370 g/mol. The Labute approximate surface area is 157 Å². The third-order valence-corrected chi connectivity index (χ3v) is 4.22. The van der Waals surface area contributed by atoms with Crippen molar-refractivity contribution in [3.8, 4) is 11.5 Å². The highest BCUT2D eigenvalue weighted by Crippen LogP contribution is 2.30. The van der Waals surface area contributed by atoms with Crippen molar-refractivity contribution in [2.75, 3.05) is 32.1 Å². The monoisotopic (exact) mass is 370 g/mol. The Kier molecular flexibility index (Phi) is 5.80. The van der Waals surface area contributed by atoms with Crippen molar-refractivity contribution in [3.05, 3.63) is 53.1 Å². The molecule has 0 atom stereocenters. The number of hydrogen-bond acceptors (Lipinski definition) is 6. The first kappa shape index (κ1) is 18.6. The van der Waals surface area contributed by atoms with Gasteiger partial charge in [0, 0.05) is 12.2 Å². The summed E-state index contributed by atoms with van der Waals surface area (Å²) in [5, 5.41) is 2.72. The molecule has 0 aromatic heterocycles. The number of nitrogens with one attached hydrogen (secondary N) is 1. The van der Waals surface area contributed by atoms with Crippen molar-refractivity contribution in [2.45, 2.75) is 13.3 Å². The van der Waals surface area contributed by atoms with Crippen molar-refractivity contribution in [1.82, 2.24) is 5.32 Å². The Balaban J connectivity index is 1.43. The number of rotatable bonds is 6. The molecule has 3 N–H and O–H groups in total. The van der Waals surface area contributed by atoms with Crippen LogP contribution in [0.15, 0.2) is 36.4 Å². The van der Waals surface area contributed by atoms with Gasteiger partial charge in [0.15, 0.2) is 18.1 Å². The largest absolute Gasteiger partial charge is 0.486 e. The van der Waals surface area contributed by atoms with E-state index in [0.29, 0.717) is 31.9 Å². The zero-order chi connectivity index (χ0) is 19.2. The smallest absolute Gasteiger partial charge is 0.340 e. The molecule has 1 aliphatic heterocycles. The van der Waals surface area contributed by atoms with Gasteiger partial charge in [0.1, 0.15) is 13.2 Å². The highest BCUT2D eigenvalue weighted by molar-refractivity contribution is 5.96. The summed E-state index contributed by atoms with van der Waals surface area (Å²) in [7, 11) is 0. The summed E-state index contributed by atoms with van der Waals surface area (Å²) >= 11 is 0. The van der Waals surface area contributed by atoms with E-state index in [1.165, 1.54) is 0 Å². The molecule has 1 heterocycles. The summed E-state index contributed by atoms with van der Waals surface area (Å²) in [4.78, 5) is 23.9. The van der Waals surface area contributed by atoms with E-state index in [-0.39, 0.29) is 18.1 Å². The molecule has 0 unspecified atom stereocenters. The Morgan fingerprint density at radius 1 is 1.15 bits per heavy atom. The maximum absolute atomic E-state index is 12.0. The Morgan fingerprint density at radius 3 is 2.74 bits per heavy atom. The van der Waals surface area contributed by atoms with Gasteiger partial charge in [-0.2, -0.15) is 0 Å². The molecule has 3 rings (SSSR count). The molecule has 0 aliphatic carbocycles. The molecule has 7 heteroatoms. The molecule has 0 bridgehead atoms. The van der Waals surface area contributed by atoms with Crippen molar-refractivity contribution >= 4 is 17.6 Å². The van der Waals surface area contributed by atoms with Crippen LogP contribution < -0.4 is 20.5 Å². The van der Waals surface area contributed by atoms with Crippen molar-refractivity contribution < 1.29 is 23.8 Å². The lowest BCUT2D eigenvalue weighted by molar-refractivity contribution is -0.124. The van der Waals surface area contributed by atoms with E-state index >= 15 is 0 Å². The van der Waals surface area contributed by atoms with Crippen LogP contribution in [-0.2, 0) is 16.0 Å². The van der Waals surface area contributed by atoms with Crippen molar-refractivity contribution in [2.24, 2.45) is 0 Å².